The van der Waals surface area contributed by atoms with E-state index >= 15 is 0 Å². The predicted octanol–water partition coefficient (Wildman–Crippen LogP) is 2.46. The summed E-state index contributed by atoms with van der Waals surface area (Å²) < 4.78 is 5.43. The second-order valence-corrected chi connectivity index (χ2v) is 6.88. The van der Waals surface area contributed by atoms with Crippen molar-refractivity contribution < 1.29 is 14.3 Å². The summed E-state index contributed by atoms with van der Waals surface area (Å²) in [5.74, 6) is 0.761. The first-order valence-electron chi connectivity index (χ1n) is 8.83. The van der Waals surface area contributed by atoms with Gasteiger partial charge in [-0.05, 0) is 44.0 Å². The van der Waals surface area contributed by atoms with Crippen LogP contribution >= 0.6 is 0 Å². The third-order valence-corrected chi connectivity index (χ3v) is 5.51. The largest absolute Gasteiger partial charge is 0.494 e. The zero-order chi connectivity index (χ0) is 17.2. The van der Waals surface area contributed by atoms with Gasteiger partial charge in [-0.1, -0.05) is 12.8 Å². The van der Waals surface area contributed by atoms with Gasteiger partial charge < -0.3 is 15.0 Å². The molecule has 1 atom stereocenters. The summed E-state index contributed by atoms with van der Waals surface area (Å²) in [6.45, 7) is 3.75. The highest BCUT2D eigenvalue weighted by Gasteiger charge is 2.52. The highest BCUT2D eigenvalue weighted by atomic mass is 16.5. The normalized spacial score (nSPS) is 21.9. The molecule has 130 valence electrons. The van der Waals surface area contributed by atoms with Crippen LogP contribution in [0.2, 0.25) is 0 Å². The van der Waals surface area contributed by atoms with Crippen LogP contribution in [0, 0.1) is 11.3 Å². The summed E-state index contributed by atoms with van der Waals surface area (Å²) in [6, 6.07) is 7.27. The van der Waals surface area contributed by atoms with Crippen LogP contribution in [0.15, 0.2) is 24.3 Å². The molecule has 0 bridgehead atoms. The van der Waals surface area contributed by atoms with Gasteiger partial charge in [-0.15, -0.1) is 0 Å². The molecule has 5 nitrogen and oxygen atoms in total. The molecule has 2 aliphatic rings. The molecular weight excluding hydrogens is 304 g/mol. The molecule has 1 aliphatic heterocycles. The van der Waals surface area contributed by atoms with E-state index < -0.39 is 0 Å². The van der Waals surface area contributed by atoms with Gasteiger partial charge in [0.1, 0.15) is 5.75 Å². The van der Waals surface area contributed by atoms with Gasteiger partial charge in [-0.3, -0.25) is 9.59 Å². The molecule has 1 saturated heterocycles. The van der Waals surface area contributed by atoms with E-state index in [2.05, 4.69) is 5.32 Å². The number of likely N-dealkylation sites (tertiary alicyclic amines) is 1. The van der Waals surface area contributed by atoms with E-state index in [-0.39, 0.29) is 23.1 Å². The fourth-order valence-corrected chi connectivity index (χ4v) is 4.29. The summed E-state index contributed by atoms with van der Waals surface area (Å²) in [5, 5.41) is 2.79. The molecule has 1 aromatic carbocycles. The summed E-state index contributed by atoms with van der Waals surface area (Å²) in [5.41, 5.74) is 0.630. The van der Waals surface area contributed by atoms with E-state index in [9.17, 15) is 9.59 Å². The van der Waals surface area contributed by atoms with Crippen molar-refractivity contribution in [2.75, 3.05) is 26.7 Å². The number of carbonyl (C=O) groups is 2. The zero-order valence-electron chi connectivity index (χ0n) is 14.5. The maximum atomic E-state index is 12.9. The number of nitrogens with zero attached hydrogens (tertiary/aromatic N) is 1. The summed E-state index contributed by atoms with van der Waals surface area (Å²) in [6.07, 6.45) is 4.38. The lowest BCUT2D eigenvalue weighted by molar-refractivity contribution is -0.127. The van der Waals surface area contributed by atoms with Crippen molar-refractivity contribution in [3.05, 3.63) is 29.8 Å². The first-order valence-corrected chi connectivity index (χ1v) is 8.83. The fourth-order valence-electron chi connectivity index (χ4n) is 4.29. The van der Waals surface area contributed by atoms with Crippen LogP contribution in [0.1, 0.15) is 43.0 Å². The Hall–Kier alpha value is -2.04. The number of benzene rings is 1. The predicted molar refractivity (Wildman–Crippen MR) is 92.0 cm³/mol. The van der Waals surface area contributed by atoms with Crippen LogP contribution < -0.4 is 10.1 Å². The van der Waals surface area contributed by atoms with E-state index in [1.807, 2.05) is 36.1 Å². The lowest BCUT2D eigenvalue weighted by Crippen LogP contribution is -2.38. The Morgan fingerprint density at radius 3 is 2.50 bits per heavy atom. The van der Waals surface area contributed by atoms with Gasteiger partial charge in [0.25, 0.3) is 5.91 Å². The van der Waals surface area contributed by atoms with Crippen molar-refractivity contribution in [2.24, 2.45) is 11.3 Å². The molecular formula is C19H26N2O3. The van der Waals surface area contributed by atoms with Crippen LogP contribution in [0.3, 0.4) is 0 Å². The average Bonchev–Trinajstić information content (AvgIpc) is 3.22. The molecule has 2 amide bonds. The first-order chi connectivity index (χ1) is 11.6. The van der Waals surface area contributed by atoms with Gasteiger partial charge in [-0.25, -0.2) is 0 Å². The molecule has 2 fully saturated rings. The van der Waals surface area contributed by atoms with Crippen molar-refractivity contribution in [1.82, 2.24) is 10.2 Å². The molecule has 5 heteroatoms. The topological polar surface area (TPSA) is 58.6 Å². The van der Waals surface area contributed by atoms with Gasteiger partial charge in [0.2, 0.25) is 5.91 Å². The maximum absolute atomic E-state index is 12.9. The minimum Gasteiger partial charge on any atom is -0.494 e. The smallest absolute Gasteiger partial charge is 0.253 e. The van der Waals surface area contributed by atoms with Crippen LogP contribution in [0.5, 0.6) is 5.75 Å². The monoisotopic (exact) mass is 330 g/mol. The van der Waals surface area contributed by atoms with Crippen molar-refractivity contribution in [3.8, 4) is 5.75 Å². The minimum atomic E-state index is -0.0864. The first kappa shape index (κ1) is 16.8. The van der Waals surface area contributed by atoms with Crippen molar-refractivity contribution in [3.63, 3.8) is 0 Å². The Bertz CT molecular complexity index is 606. The molecule has 0 aromatic heterocycles. The fraction of sp³-hybridized carbons (Fsp3) is 0.579. The number of amides is 2. The van der Waals surface area contributed by atoms with Gasteiger partial charge in [0.05, 0.1) is 12.5 Å². The number of rotatable bonds is 4. The van der Waals surface area contributed by atoms with Crippen molar-refractivity contribution >= 4 is 11.8 Å². The lowest BCUT2D eigenvalue weighted by atomic mass is 9.76. The Kier molecular flexibility index (Phi) is 4.78. The lowest BCUT2D eigenvalue weighted by Gasteiger charge is -2.28. The molecule has 1 N–H and O–H groups in total. The maximum Gasteiger partial charge on any atom is 0.253 e. The molecule has 1 aromatic rings. The molecule has 1 aliphatic carbocycles. The average molecular weight is 330 g/mol. The highest BCUT2D eigenvalue weighted by Crippen LogP contribution is 2.49. The minimum absolute atomic E-state index is 0.00993. The van der Waals surface area contributed by atoms with Crippen molar-refractivity contribution in [1.29, 1.82) is 0 Å². The molecule has 1 heterocycles. The standard InChI is InChI=1S/C19H26N2O3/c1-3-24-15-8-6-14(7-9-15)18(23)21-12-16(17(22)20-2)19(13-21)10-4-5-11-19/h6-9,16H,3-5,10-13H2,1-2H3,(H,20,22)/t16-/m1/s1. The molecule has 0 radical (unpaired) electrons. The Labute approximate surface area is 143 Å². The van der Waals surface area contributed by atoms with Gasteiger partial charge >= 0.3 is 0 Å². The zero-order valence-corrected chi connectivity index (χ0v) is 14.5. The van der Waals surface area contributed by atoms with E-state index in [1.54, 1.807) is 7.05 Å². The Morgan fingerprint density at radius 2 is 1.92 bits per heavy atom. The number of ether oxygens (including phenoxy) is 1. The SMILES string of the molecule is CCOc1ccc(C(=O)N2C[C@H](C(=O)NC)C3(CCCC3)C2)cc1. The van der Waals surface area contributed by atoms with Crippen LogP contribution in [0.4, 0.5) is 0 Å². The van der Waals surface area contributed by atoms with E-state index in [1.165, 1.54) is 0 Å². The van der Waals surface area contributed by atoms with E-state index in [4.69, 9.17) is 4.74 Å². The summed E-state index contributed by atoms with van der Waals surface area (Å²) in [7, 11) is 1.68. The molecule has 0 unspecified atom stereocenters. The molecule has 3 rings (SSSR count). The van der Waals surface area contributed by atoms with Crippen LogP contribution in [-0.2, 0) is 4.79 Å². The van der Waals surface area contributed by atoms with Gasteiger partial charge in [0, 0.05) is 31.1 Å². The highest BCUT2D eigenvalue weighted by molar-refractivity contribution is 5.95. The second kappa shape index (κ2) is 6.83. The summed E-state index contributed by atoms with van der Waals surface area (Å²) >= 11 is 0. The van der Waals surface area contributed by atoms with Crippen LogP contribution in [-0.4, -0.2) is 43.5 Å². The number of hydrogen-bond donors (Lipinski definition) is 1. The third kappa shape index (κ3) is 2.99. The second-order valence-electron chi connectivity index (χ2n) is 6.88. The molecule has 24 heavy (non-hydrogen) atoms. The van der Waals surface area contributed by atoms with Gasteiger partial charge in [-0.2, -0.15) is 0 Å². The Balaban J connectivity index is 1.77. The molecule has 1 saturated carbocycles. The molecule has 1 spiro atoms. The van der Waals surface area contributed by atoms with Crippen LogP contribution in [0.25, 0.3) is 0 Å². The van der Waals surface area contributed by atoms with E-state index in [0.29, 0.717) is 25.3 Å². The number of carbonyl (C=O) groups excluding carboxylic acids is 2. The summed E-state index contributed by atoms with van der Waals surface area (Å²) in [4.78, 5) is 27.1. The van der Waals surface area contributed by atoms with Gasteiger partial charge in [0.15, 0.2) is 0 Å². The third-order valence-electron chi connectivity index (χ3n) is 5.51. The Morgan fingerprint density at radius 1 is 1.25 bits per heavy atom. The quantitative estimate of drug-likeness (QED) is 0.922. The number of hydrogen-bond acceptors (Lipinski definition) is 3. The van der Waals surface area contributed by atoms with Crippen molar-refractivity contribution in [2.45, 2.75) is 32.6 Å². The van der Waals surface area contributed by atoms with E-state index in [0.717, 1.165) is 31.4 Å². The number of nitrogens with one attached hydrogen (secondary N) is 1.